The van der Waals surface area contributed by atoms with E-state index in [-0.39, 0.29) is 0 Å². The van der Waals surface area contributed by atoms with Gasteiger partial charge < -0.3 is 17.7 Å². The van der Waals surface area contributed by atoms with E-state index >= 15 is 0 Å². The van der Waals surface area contributed by atoms with Gasteiger partial charge in [-0.2, -0.15) is 0 Å². The van der Waals surface area contributed by atoms with Crippen LogP contribution in [0.5, 0.6) is 0 Å². The molecule has 0 rings (SSSR count). The minimum absolute atomic E-state index is 0.646. The van der Waals surface area contributed by atoms with E-state index in [1.54, 1.807) is 0 Å². The van der Waals surface area contributed by atoms with Crippen LogP contribution in [0.15, 0.2) is 0 Å². The van der Waals surface area contributed by atoms with Gasteiger partial charge in [-0.3, -0.25) is 0 Å². The topological polar surface area (TPSA) is 36.9 Å². The van der Waals surface area contributed by atoms with Crippen molar-refractivity contribution in [1.29, 1.82) is 0 Å². The van der Waals surface area contributed by atoms with Crippen molar-refractivity contribution in [3.05, 3.63) is 0 Å². The Morgan fingerprint density at radius 1 is 0.550 bits per heavy atom. The molecule has 0 atom stereocenters. The Morgan fingerprint density at radius 3 is 1.25 bits per heavy atom. The Morgan fingerprint density at radius 2 is 0.950 bits per heavy atom. The SMILES string of the molecule is CCO[Si](CC)(CC)CC[Si](OCC)(OCC)OCC. The molecule has 0 aliphatic heterocycles. The van der Waals surface area contributed by atoms with E-state index < -0.39 is 17.1 Å². The lowest BCUT2D eigenvalue weighted by atomic mass is 10.9. The summed E-state index contributed by atoms with van der Waals surface area (Å²) in [7, 11) is -4.16. The van der Waals surface area contributed by atoms with Gasteiger partial charge in [0.15, 0.2) is 8.32 Å². The highest BCUT2D eigenvalue weighted by Crippen LogP contribution is 2.29. The maximum atomic E-state index is 6.15. The Kier molecular flexibility index (Phi) is 11.1. The molecule has 6 heteroatoms. The first-order valence-electron chi connectivity index (χ1n) is 8.13. The van der Waals surface area contributed by atoms with Crippen molar-refractivity contribution in [2.24, 2.45) is 0 Å². The fourth-order valence-electron chi connectivity index (χ4n) is 2.57. The fraction of sp³-hybridized carbons (Fsp3) is 1.00. The quantitative estimate of drug-likeness (QED) is 0.479. The summed E-state index contributed by atoms with van der Waals surface area (Å²) in [6.45, 7) is 15.3. The summed E-state index contributed by atoms with van der Waals surface area (Å²) in [6.07, 6.45) is 0. The lowest BCUT2D eigenvalue weighted by Crippen LogP contribution is -2.48. The Labute approximate surface area is 127 Å². The van der Waals surface area contributed by atoms with Crippen molar-refractivity contribution in [2.75, 3.05) is 26.4 Å². The molecular weight excluding hydrogens is 288 g/mol. The summed E-state index contributed by atoms with van der Waals surface area (Å²) in [5, 5.41) is 0. The summed E-state index contributed by atoms with van der Waals surface area (Å²) in [6, 6.07) is 4.24. The molecule has 0 N–H and O–H groups in total. The maximum absolute atomic E-state index is 6.15. The summed E-state index contributed by atoms with van der Waals surface area (Å²) in [4.78, 5) is 0. The molecule has 0 aromatic heterocycles. The van der Waals surface area contributed by atoms with Crippen LogP contribution in [0.3, 0.4) is 0 Å². The molecule has 20 heavy (non-hydrogen) atoms. The molecule has 0 saturated heterocycles. The molecule has 0 aliphatic carbocycles. The zero-order chi connectivity index (χ0) is 15.5. The van der Waals surface area contributed by atoms with Gasteiger partial charge in [-0.15, -0.1) is 0 Å². The average Bonchev–Trinajstić information content (AvgIpc) is 2.44. The smallest absolute Gasteiger partial charge is 0.417 e. The molecule has 0 aromatic rings. The summed E-state index contributed by atoms with van der Waals surface area (Å²) >= 11 is 0. The summed E-state index contributed by atoms with van der Waals surface area (Å²) < 4.78 is 24.0. The molecule has 0 spiro atoms. The van der Waals surface area contributed by atoms with Gasteiger partial charge in [0.05, 0.1) is 0 Å². The first-order chi connectivity index (χ1) is 9.57. The standard InChI is InChI=1S/C14H34O4Si2/c1-7-15-19(11-5,12-6)13-14-20(16-8-2,17-9-3)18-10-4/h7-14H2,1-6H3. The van der Waals surface area contributed by atoms with Crippen LogP contribution in [-0.4, -0.2) is 43.5 Å². The largest absolute Gasteiger partial charge is 0.500 e. The van der Waals surface area contributed by atoms with E-state index in [9.17, 15) is 0 Å². The Hall–Kier alpha value is 0.274. The van der Waals surface area contributed by atoms with Crippen LogP contribution >= 0.6 is 0 Å². The second kappa shape index (κ2) is 10.9. The second-order valence-electron chi connectivity index (χ2n) is 4.81. The number of rotatable bonds is 13. The number of hydrogen-bond donors (Lipinski definition) is 0. The molecule has 0 unspecified atom stereocenters. The normalized spacial score (nSPS) is 12.9. The lowest BCUT2D eigenvalue weighted by Gasteiger charge is -2.34. The van der Waals surface area contributed by atoms with Crippen molar-refractivity contribution in [3.8, 4) is 0 Å². The monoisotopic (exact) mass is 322 g/mol. The molecule has 0 aromatic carbocycles. The minimum atomic E-state index is -2.51. The first-order valence-corrected chi connectivity index (χ1v) is 12.6. The van der Waals surface area contributed by atoms with Crippen LogP contribution in [0, 0.1) is 0 Å². The molecule has 0 heterocycles. The molecule has 0 saturated carbocycles. The summed E-state index contributed by atoms with van der Waals surface area (Å²) in [5.74, 6) is 0. The zero-order valence-electron chi connectivity index (χ0n) is 14.3. The van der Waals surface area contributed by atoms with Gasteiger partial charge in [0, 0.05) is 32.5 Å². The third-order valence-electron chi connectivity index (χ3n) is 3.72. The Bertz CT molecular complexity index is 218. The minimum Gasteiger partial charge on any atom is -0.417 e. The predicted octanol–water partition coefficient (Wildman–Crippen LogP) is 4.06. The van der Waals surface area contributed by atoms with E-state index in [2.05, 4.69) is 20.8 Å². The van der Waals surface area contributed by atoms with Gasteiger partial charge >= 0.3 is 8.80 Å². The van der Waals surface area contributed by atoms with E-state index in [1.807, 2.05) is 20.8 Å². The molecule has 0 amide bonds. The zero-order valence-corrected chi connectivity index (χ0v) is 16.3. The molecule has 0 radical (unpaired) electrons. The van der Waals surface area contributed by atoms with Crippen LogP contribution in [0.25, 0.3) is 0 Å². The van der Waals surface area contributed by atoms with E-state index in [0.717, 1.165) is 30.8 Å². The average molecular weight is 323 g/mol. The number of hydrogen-bond acceptors (Lipinski definition) is 4. The lowest BCUT2D eigenvalue weighted by molar-refractivity contribution is 0.0721. The Balaban J connectivity index is 4.85. The second-order valence-corrected chi connectivity index (χ2v) is 12.1. The first kappa shape index (κ1) is 20.3. The fourth-order valence-corrected chi connectivity index (χ4v) is 9.99. The molecule has 0 aliphatic rings. The van der Waals surface area contributed by atoms with Crippen LogP contribution in [0.1, 0.15) is 41.5 Å². The van der Waals surface area contributed by atoms with Gasteiger partial charge in [-0.1, -0.05) is 13.8 Å². The van der Waals surface area contributed by atoms with E-state index in [1.165, 1.54) is 0 Å². The van der Waals surface area contributed by atoms with Crippen molar-refractivity contribution >= 4 is 17.1 Å². The van der Waals surface area contributed by atoms with Gasteiger partial charge in [0.2, 0.25) is 0 Å². The maximum Gasteiger partial charge on any atom is 0.500 e. The highest BCUT2D eigenvalue weighted by Gasteiger charge is 2.44. The van der Waals surface area contributed by atoms with Gasteiger partial charge in [-0.05, 0) is 45.8 Å². The molecule has 0 fully saturated rings. The van der Waals surface area contributed by atoms with E-state index in [0.29, 0.717) is 19.8 Å². The molecule has 4 nitrogen and oxygen atoms in total. The van der Waals surface area contributed by atoms with Crippen molar-refractivity contribution in [1.82, 2.24) is 0 Å². The van der Waals surface area contributed by atoms with Crippen LogP contribution in [-0.2, 0) is 17.7 Å². The summed E-state index contributed by atoms with van der Waals surface area (Å²) in [5.41, 5.74) is 0. The van der Waals surface area contributed by atoms with Gasteiger partial charge in [0.1, 0.15) is 0 Å². The van der Waals surface area contributed by atoms with Crippen LogP contribution < -0.4 is 0 Å². The van der Waals surface area contributed by atoms with Crippen LogP contribution in [0.4, 0.5) is 0 Å². The highest BCUT2D eigenvalue weighted by molar-refractivity contribution is 6.75. The third kappa shape index (κ3) is 6.36. The highest BCUT2D eigenvalue weighted by atomic mass is 28.4. The van der Waals surface area contributed by atoms with Crippen LogP contribution in [0.2, 0.25) is 24.2 Å². The third-order valence-corrected chi connectivity index (χ3v) is 11.9. The van der Waals surface area contributed by atoms with Crippen molar-refractivity contribution in [3.63, 3.8) is 0 Å². The predicted molar refractivity (Wildman–Crippen MR) is 88.6 cm³/mol. The van der Waals surface area contributed by atoms with Crippen molar-refractivity contribution in [2.45, 2.75) is 65.7 Å². The van der Waals surface area contributed by atoms with E-state index in [4.69, 9.17) is 17.7 Å². The van der Waals surface area contributed by atoms with Crippen molar-refractivity contribution < 1.29 is 17.7 Å². The molecule has 122 valence electrons. The van der Waals surface area contributed by atoms with Gasteiger partial charge in [0.25, 0.3) is 0 Å². The van der Waals surface area contributed by atoms with Gasteiger partial charge in [-0.25, -0.2) is 0 Å². The molecular formula is C14H34O4Si2. The molecule has 0 bridgehead atoms.